The van der Waals surface area contributed by atoms with Crippen LogP contribution in [0.25, 0.3) is 0 Å². The fourth-order valence-corrected chi connectivity index (χ4v) is 1.81. The Kier molecular flexibility index (Phi) is 6.84. The average molecular weight is 345 g/mol. The van der Waals surface area contributed by atoms with E-state index >= 15 is 0 Å². The minimum absolute atomic E-state index is 0.243. The summed E-state index contributed by atoms with van der Waals surface area (Å²) in [6.07, 6.45) is 5.84. The molecule has 0 saturated heterocycles. The van der Waals surface area contributed by atoms with Crippen molar-refractivity contribution in [3.8, 4) is 6.07 Å². The molecule has 1 unspecified atom stereocenters. The minimum atomic E-state index is -1.48. The van der Waals surface area contributed by atoms with Gasteiger partial charge in [0.25, 0.3) is 0 Å². The van der Waals surface area contributed by atoms with E-state index in [0.717, 1.165) is 18.2 Å². The third kappa shape index (κ3) is 5.47. The Balaban J connectivity index is 0.000000271. The lowest BCUT2D eigenvalue weighted by Crippen LogP contribution is -2.10. The van der Waals surface area contributed by atoms with Crippen LogP contribution >= 0.6 is 0 Å². The van der Waals surface area contributed by atoms with Gasteiger partial charge in [-0.05, 0) is 25.1 Å². The molecule has 130 valence electrons. The van der Waals surface area contributed by atoms with Crippen LogP contribution in [0.2, 0.25) is 0 Å². The molecule has 0 spiro atoms. The molecule has 1 aromatic carbocycles. The highest BCUT2D eigenvalue weighted by atomic mass is 16.4. The van der Waals surface area contributed by atoms with Crippen molar-refractivity contribution in [2.24, 2.45) is 0 Å². The third-order valence-electron chi connectivity index (χ3n) is 3.15. The second-order valence-corrected chi connectivity index (χ2v) is 4.90. The number of imidazole rings is 1. The first kappa shape index (κ1) is 19.4. The van der Waals surface area contributed by atoms with Crippen LogP contribution in [0.5, 0.6) is 0 Å². The van der Waals surface area contributed by atoms with E-state index in [1.165, 1.54) is 0 Å². The van der Waals surface area contributed by atoms with E-state index < -0.39 is 29.0 Å². The first-order valence-electron chi connectivity index (χ1n) is 6.96. The number of nitriles is 1. The van der Waals surface area contributed by atoms with Crippen LogP contribution in [0, 0.1) is 11.3 Å². The molecular formula is C16H15N3O6. The van der Waals surface area contributed by atoms with Crippen molar-refractivity contribution in [3.63, 3.8) is 0 Å². The summed E-state index contributed by atoms with van der Waals surface area (Å²) < 4.78 is 1.92. The molecule has 0 aliphatic rings. The van der Waals surface area contributed by atoms with E-state index in [1.807, 2.05) is 17.7 Å². The lowest BCUT2D eigenvalue weighted by atomic mass is 10.0. The fourth-order valence-electron chi connectivity index (χ4n) is 1.81. The number of carboxylic acids is 3. The van der Waals surface area contributed by atoms with Gasteiger partial charge in [0.15, 0.2) is 0 Å². The molecule has 0 bridgehead atoms. The van der Waals surface area contributed by atoms with Gasteiger partial charge < -0.3 is 19.9 Å². The molecule has 9 heteroatoms. The van der Waals surface area contributed by atoms with Crippen molar-refractivity contribution >= 4 is 17.9 Å². The van der Waals surface area contributed by atoms with Crippen LogP contribution in [-0.4, -0.2) is 42.8 Å². The van der Waals surface area contributed by atoms with Gasteiger partial charge in [-0.2, -0.15) is 5.26 Å². The minimum Gasteiger partial charge on any atom is -0.478 e. The molecule has 1 heterocycles. The van der Waals surface area contributed by atoms with Gasteiger partial charge in [0.2, 0.25) is 0 Å². The van der Waals surface area contributed by atoms with Crippen molar-refractivity contribution in [1.82, 2.24) is 9.55 Å². The predicted octanol–water partition coefficient (Wildman–Crippen LogP) is 2.14. The highest BCUT2D eigenvalue weighted by molar-refractivity contribution is 6.03. The predicted molar refractivity (Wildman–Crippen MR) is 84.5 cm³/mol. The summed E-state index contributed by atoms with van der Waals surface area (Å²) >= 11 is 0. The summed E-state index contributed by atoms with van der Waals surface area (Å²) in [5.41, 5.74) is -1.24. The van der Waals surface area contributed by atoms with Crippen molar-refractivity contribution < 1.29 is 29.7 Å². The molecule has 0 radical (unpaired) electrons. The van der Waals surface area contributed by atoms with E-state index in [9.17, 15) is 14.4 Å². The van der Waals surface area contributed by atoms with Crippen LogP contribution in [-0.2, 0) is 0 Å². The average Bonchev–Trinajstić information content (AvgIpc) is 3.09. The molecule has 1 atom stereocenters. The van der Waals surface area contributed by atoms with Gasteiger partial charge >= 0.3 is 17.9 Å². The highest BCUT2D eigenvalue weighted by Crippen LogP contribution is 2.12. The summed E-state index contributed by atoms with van der Waals surface area (Å²) in [6.45, 7) is 1.99. The Labute approximate surface area is 142 Å². The first-order chi connectivity index (χ1) is 11.8. The molecule has 3 N–H and O–H groups in total. The summed E-state index contributed by atoms with van der Waals surface area (Å²) in [6, 6.07) is 5.16. The van der Waals surface area contributed by atoms with Gasteiger partial charge in [0.05, 0.1) is 35.5 Å². The van der Waals surface area contributed by atoms with Crippen LogP contribution in [0.4, 0.5) is 0 Å². The van der Waals surface area contributed by atoms with E-state index in [2.05, 4.69) is 11.1 Å². The number of aromatic nitrogens is 2. The van der Waals surface area contributed by atoms with Crippen LogP contribution in [0.15, 0.2) is 36.9 Å². The van der Waals surface area contributed by atoms with Gasteiger partial charge in [-0.3, -0.25) is 0 Å². The van der Waals surface area contributed by atoms with Gasteiger partial charge in [0.1, 0.15) is 0 Å². The van der Waals surface area contributed by atoms with Gasteiger partial charge in [-0.1, -0.05) is 0 Å². The number of nitrogens with zero attached hydrogens (tertiary/aromatic N) is 3. The van der Waals surface area contributed by atoms with E-state index in [-0.39, 0.29) is 11.6 Å². The Morgan fingerprint density at radius 1 is 1.16 bits per heavy atom. The number of aromatic carboxylic acids is 3. The number of hydrogen-bond acceptors (Lipinski definition) is 5. The zero-order valence-electron chi connectivity index (χ0n) is 13.2. The quantitative estimate of drug-likeness (QED) is 0.744. The maximum atomic E-state index is 10.6. The highest BCUT2D eigenvalue weighted by Gasteiger charge is 2.17. The number of hydrogen-bond donors (Lipinski definition) is 3. The van der Waals surface area contributed by atoms with E-state index in [1.54, 1.807) is 12.5 Å². The molecule has 0 fully saturated rings. The monoisotopic (exact) mass is 345 g/mol. The Bertz CT molecular complexity index is 808. The van der Waals surface area contributed by atoms with E-state index in [0.29, 0.717) is 6.42 Å². The number of benzene rings is 1. The Morgan fingerprint density at radius 2 is 1.80 bits per heavy atom. The number of carboxylic acid groups (broad SMARTS) is 3. The maximum absolute atomic E-state index is 10.6. The SMILES string of the molecule is CC(CC#N)n1ccnc1.O=C(O)c1ccc(C(=O)O)c(C(=O)O)c1. The second-order valence-electron chi connectivity index (χ2n) is 4.90. The number of carbonyl (C=O) groups is 3. The molecule has 9 nitrogen and oxygen atoms in total. The van der Waals surface area contributed by atoms with Crippen LogP contribution in [0.1, 0.15) is 50.5 Å². The first-order valence-corrected chi connectivity index (χ1v) is 6.96. The summed E-state index contributed by atoms with van der Waals surface area (Å²) in [5, 5.41) is 34.2. The molecule has 0 aliphatic carbocycles. The molecule has 0 aliphatic heterocycles. The number of rotatable bonds is 5. The third-order valence-corrected chi connectivity index (χ3v) is 3.15. The van der Waals surface area contributed by atoms with Gasteiger partial charge in [-0.15, -0.1) is 0 Å². The largest absolute Gasteiger partial charge is 0.478 e. The Hall–Kier alpha value is -3.67. The molecule has 0 amide bonds. The van der Waals surface area contributed by atoms with Crippen molar-refractivity contribution in [2.75, 3.05) is 0 Å². The molecule has 0 saturated carbocycles. The van der Waals surface area contributed by atoms with Crippen LogP contribution in [0.3, 0.4) is 0 Å². The van der Waals surface area contributed by atoms with Crippen molar-refractivity contribution in [1.29, 1.82) is 5.26 Å². The normalized spacial score (nSPS) is 10.7. The fraction of sp³-hybridized carbons (Fsp3) is 0.188. The van der Waals surface area contributed by atoms with Crippen molar-refractivity contribution in [3.05, 3.63) is 53.6 Å². The Morgan fingerprint density at radius 3 is 2.24 bits per heavy atom. The zero-order valence-corrected chi connectivity index (χ0v) is 13.2. The topological polar surface area (TPSA) is 154 Å². The summed E-state index contributed by atoms with van der Waals surface area (Å²) in [4.78, 5) is 35.6. The van der Waals surface area contributed by atoms with Crippen LogP contribution < -0.4 is 0 Å². The molecule has 1 aromatic heterocycles. The second kappa shape index (κ2) is 8.83. The van der Waals surface area contributed by atoms with Crippen molar-refractivity contribution in [2.45, 2.75) is 19.4 Å². The van der Waals surface area contributed by atoms with Gasteiger partial charge in [0, 0.05) is 18.4 Å². The van der Waals surface area contributed by atoms with E-state index in [4.69, 9.17) is 20.6 Å². The lowest BCUT2D eigenvalue weighted by Gasteiger charge is -2.06. The zero-order chi connectivity index (χ0) is 19.0. The standard InChI is InChI=1S/C9H6O6.C7H9N3/c10-7(11)4-1-2-5(8(12)13)6(3-4)9(14)15;1-7(2-3-8)10-5-4-9-6-10/h1-3H,(H,10,11)(H,12,13)(H,14,15);4-7H,2H2,1H3. The summed E-state index contributed by atoms with van der Waals surface area (Å²) in [5.74, 6) is -4.20. The molecular weight excluding hydrogens is 330 g/mol. The maximum Gasteiger partial charge on any atom is 0.336 e. The molecule has 25 heavy (non-hydrogen) atoms. The summed E-state index contributed by atoms with van der Waals surface area (Å²) in [7, 11) is 0. The molecule has 2 rings (SSSR count). The molecule has 2 aromatic rings. The van der Waals surface area contributed by atoms with Gasteiger partial charge in [-0.25, -0.2) is 19.4 Å². The lowest BCUT2D eigenvalue weighted by molar-refractivity contribution is 0.0649. The smallest absolute Gasteiger partial charge is 0.336 e.